The van der Waals surface area contributed by atoms with Crippen molar-refractivity contribution in [3.05, 3.63) is 0 Å². The van der Waals surface area contributed by atoms with E-state index in [-0.39, 0.29) is 12.8 Å². The molecule has 0 heterocycles. The standard InChI is InChI=1S/C9H13F6NO/c10-8(11,12)6(9(13,14)15)7(16)3-1-5(17)2-4-7/h5-6,17H,1-4,16H2. The molecule has 0 radical (unpaired) electrons. The molecule has 0 unspecified atom stereocenters. The molecule has 1 fully saturated rings. The molecule has 0 aliphatic heterocycles. The number of aliphatic hydroxyl groups is 1. The predicted octanol–water partition coefficient (Wildman–Crippen LogP) is 2.36. The van der Waals surface area contributed by atoms with Crippen molar-refractivity contribution in [1.29, 1.82) is 0 Å². The fourth-order valence-corrected chi connectivity index (χ4v) is 2.27. The van der Waals surface area contributed by atoms with Crippen LogP contribution in [0.5, 0.6) is 0 Å². The average molecular weight is 265 g/mol. The van der Waals surface area contributed by atoms with Crippen LogP contribution in [0.25, 0.3) is 0 Å². The summed E-state index contributed by atoms with van der Waals surface area (Å²) in [5.74, 6) is -3.53. The van der Waals surface area contributed by atoms with E-state index in [2.05, 4.69) is 0 Å². The van der Waals surface area contributed by atoms with Crippen molar-refractivity contribution >= 4 is 0 Å². The highest BCUT2D eigenvalue weighted by molar-refractivity contribution is 5.01. The lowest BCUT2D eigenvalue weighted by atomic mass is 9.72. The number of halogens is 6. The Bertz CT molecular complexity index is 252. The summed E-state index contributed by atoms with van der Waals surface area (Å²) >= 11 is 0. The lowest BCUT2D eigenvalue weighted by Gasteiger charge is -2.42. The van der Waals surface area contributed by atoms with Crippen LogP contribution < -0.4 is 5.73 Å². The van der Waals surface area contributed by atoms with Crippen LogP contribution in [0.3, 0.4) is 0 Å². The number of hydrogen-bond donors (Lipinski definition) is 2. The maximum absolute atomic E-state index is 12.5. The highest BCUT2D eigenvalue weighted by Gasteiger charge is 2.65. The van der Waals surface area contributed by atoms with Crippen molar-refractivity contribution in [1.82, 2.24) is 0 Å². The van der Waals surface area contributed by atoms with Crippen LogP contribution >= 0.6 is 0 Å². The van der Waals surface area contributed by atoms with Crippen molar-refractivity contribution < 1.29 is 31.4 Å². The van der Waals surface area contributed by atoms with Crippen LogP contribution in [-0.2, 0) is 0 Å². The second kappa shape index (κ2) is 4.31. The summed E-state index contributed by atoms with van der Waals surface area (Å²) in [6, 6.07) is 0. The smallest absolute Gasteiger partial charge is 0.393 e. The number of aliphatic hydroxyl groups excluding tert-OH is 1. The van der Waals surface area contributed by atoms with Crippen LogP contribution in [0.4, 0.5) is 26.3 Å². The van der Waals surface area contributed by atoms with Gasteiger partial charge in [0, 0.05) is 5.54 Å². The summed E-state index contributed by atoms with van der Waals surface area (Å²) < 4.78 is 74.9. The zero-order chi connectivity index (χ0) is 13.5. The van der Waals surface area contributed by atoms with Gasteiger partial charge in [-0.25, -0.2) is 0 Å². The highest BCUT2D eigenvalue weighted by Crippen LogP contribution is 2.49. The van der Waals surface area contributed by atoms with Gasteiger partial charge in [-0.1, -0.05) is 0 Å². The molecular formula is C9H13F6NO. The first-order chi connectivity index (χ1) is 7.47. The fourth-order valence-electron chi connectivity index (χ4n) is 2.27. The van der Waals surface area contributed by atoms with Crippen LogP contribution in [-0.4, -0.2) is 29.1 Å². The first-order valence-corrected chi connectivity index (χ1v) is 5.07. The summed E-state index contributed by atoms with van der Waals surface area (Å²) in [6.07, 6.45) is -13.0. The molecule has 0 aromatic carbocycles. The Morgan fingerprint density at radius 1 is 1.00 bits per heavy atom. The van der Waals surface area contributed by atoms with Gasteiger partial charge in [0.2, 0.25) is 0 Å². The minimum absolute atomic E-state index is 0.140. The maximum Gasteiger partial charge on any atom is 0.402 e. The van der Waals surface area contributed by atoms with Gasteiger partial charge in [0.1, 0.15) is 0 Å². The van der Waals surface area contributed by atoms with Gasteiger partial charge in [0.15, 0.2) is 5.92 Å². The molecular weight excluding hydrogens is 252 g/mol. The van der Waals surface area contributed by atoms with Gasteiger partial charge in [-0.05, 0) is 25.7 Å². The monoisotopic (exact) mass is 265 g/mol. The zero-order valence-corrected chi connectivity index (χ0v) is 8.78. The Morgan fingerprint density at radius 2 is 1.35 bits per heavy atom. The van der Waals surface area contributed by atoms with Crippen molar-refractivity contribution in [2.45, 2.75) is 49.7 Å². The van der Waals surface area contributed by atoms with E-state index in [0.717, 1.165) is 0 Å². The van der Waals surface area contributed by atoms with E-state index in [1.54, 1.807) is 0 Å². The molecule has 8 heteroatoms. The van der Waals surface area contributed by atoms with Crippen molar-refractivity contribution in [2.75, 3.05) is 0 Å². The van der Waals surface area contributed by atoms with Crippen LogP contribution in [0.15, 0.2) is 0 Å². The van der Waals surface area contributed by atoms with Gasteiger partial charge in [0.25, 0.3) is 0 Å². The third kappa shape index (κ3) is 3.25. The lowest BCUT2D eigenvalue weighted by molar-refractivity contribution is -0.305. The summed E-state index contributed by atoms with van der Waals surface area (Å²) in [4.78, 5) is 0. The molecule has 17 heavy (non-hydrogen) atoms. The van der Waals surface area contributed by atoms with E-state index < -0.39 is 42.8 Å². The quantitative estimate of drug-likeness (QED) is 0.715. The number of alkyl halides is 6. The summed E-state index contributed by atoms with van der Waals surface area (Å²) in [5.41, 5.74) is 2.92. The molecule has 1 saturated carbocycles. The molecule has 0 atom stereocenters. The molecule has 1 aliphatic carbocycles. The van der Waals surface area contributed by atoms with Crippen molar-refractivity contribution in [2.24, 2.45) is 11.7 Å². The Balaban J connectivity index is 2.99. The molecule has 0 bridgehead atoms. The first-order valence-electron chi connectivity index (χ1n) is 5.07. The van der Waals surface area contributed by atoms with E-state index in [1.165, 1.54) is 0 Å². The van der Waals surface area contributed by atoms with Gasteiger partial charge in [-0.2, -0.15) is 26.3 Å². The first kappa shape index (κ1) is 14.6. The van der Waals surface area contributed by atoms with E-state index in [0.29, 0.717) is 0 Å². The van der Waals surface area contributed by atoms with Crippen LogP contribution in [0.1, 0.15) is 25.7 Å². The van der Waals surface area contributed by atoms with Crippen molar-refractivity contribution in [3.63, 3.8) is 0 Å². The van der Waals surface area contributed by atoms with Gasteiger partial charge < -0.3 is 10.8 Å². The van der Waals surface area contributed by atoms with E-state index >= 15 is 0 Å². The number of rotatable bonds is 1. The zero-order valence-electron chi connectivity index (χ0n) is 8.78. The summed E-state index contributed by atoms with van der Waals surface area (Å²) in [5, 5.41) is 9.11. The molecule has 0 aromatic rings. The van der Waals surface area contributed by atoms with Gasteiger partial charge in [-0.3, -0.25) is 0 Å². The largest absolute Gasteiger partial charge is 0.402 e. The summed E-state index contributed by atoms with van der Waals surface area (Å²) in [7, 11) is 0. The Hall–Kier alpha value is -0.500. The Kier molecular flexibility index (Phi) is 3.69. The van der Waals surface area contributed by atoms with Crippen LogP contribution in [0.2, 0.25) is 0 Å². The molecule has 2 nitrogen and oxygen atoms in total. The maximum atomic E-state index is 12.5. The number of hydrogen-bond acceptors (Lipinski definition) is 2. The van der Waals surface area contributed by atoms with E-state index in [9.17, 15) is 26.3 Å². The molecule has 0 aromatic heterocycles. The SMILES string of the molecule is NC1(C(C(F)(F)F)C(F)(F)F)CCC(O)CC1. The molecule has 0 amide bonds. The topological polar surface area (TPSA) is 46.2 Å². The Morgan fingerprint density at radius 3 is 1.65 bits per heavy atom. The molecule has 0 spiro atoms. The van der Waals surface area contributed by atoms with E-state index in [4.69, 9.17) is 10.8 Å². The molecule has 102 valence electrons. The van der Waals surface area contributed by atoms with E-state index in [1.807, 2.05) is 0 Å². The lowest BCUT2D eigenvalue weighted by Crippen LogP contribution is -2.60. The van der Waals surface area contributed by atoms with Crippen molar-refractivity contribution in [3.8, 4) is 0 Å². The fraction of sp³-hybridized carbons (Fsp3) is 1.00. The minimum atomic E-state index is -5.42. The minimum Gasteiger partial charge on any atom is -0.393 e. The van der Waals surface area contributed by atoms with Gasteiger partial charge >= 0.3 is 12.4 Å². The highest BCUT2D eigenvalue weighted by atomic mass is 19.4. The third-order valence-electron chi connectivity index (χ3n) is 3.12. The third-order valence-corrected chi connectivity index (χ3v) is 3.12. The molecule has 1 aliphatic rings. The van der Waals surface area contributed by atoms with Crippen LogP contribution in [0, 0.1) is 5.92 Å². The second-order valence-corrected chi connectivity index (χ2v) is 4.48. The Labute approximate surface area is 93.8 Å². The summed E-state index contributed by atoms with van der Waals surface area (Å²) in [6.45, 7) is 0. The molecule has 3 N–H and O–H groups in total. The normalized spacial score (nSPS) is 31.9. The average Bonchev–Trinajstić information content (AvgIpc) is 2.05. The molecule has 0 saturated heterocycles. The van der Waals surface area contributed by atoms with Gasteiger partial charge in [-0.15, -0.1) is 0 Å². The van der Waals surface area contributed by atoms with Gasteiger partial charge in [0.05, 0.1) is 6.10 Å². The number of nitrogens with two attached hydrogens (primary N) is 1. The predicted molar refractivity (Wildman–Crippen MR) is 47.0 cm³/mol. The second-order valence-electron chi connectivity index (χ2n) is 4.48. The molecule has 1 rings (SSSR count).